The van der Waals surface area contributed by atoms with Gasteiger partial charge >= 0.3 is 6.18 Å². The summed E-state index contributed by atoms with van der Waals surface area (Å²) in [6.07, 6.45) is -3.26. The minimum atomic E-state index is -4.51. The molecule has 0 radical (unpaired) electrons. The summed E-state index contributed by atoms with van der Waals surface area (Å²) in [5.74, 6) is -1.10. The molecule has 0 amide bonds. The number of hydrogen-bond acceptors (Lipinski definition) is 3. The van der Waals surface area contributed by atoms with E-state index in [0.717, 1.165) is 4.90 Å². The number of fused-ring (bicyclic) bond motifs is 1. The summed E-state index contributed by atoms with van der Waals surface area (Å²) >= 11 is 1.58. The first kappa shape index (κ1) is 14.1. The van der Waals surface area contributed by atoms with Crippen molar-refractivity contribution < 1.29 is 13.2 Å². The maximum atomic E-state index is 12.6. The average Bonchev–Trinajstić information content (AvgIpc) is 2.25. The first-order valence-corrected chi connectivity index (χ1v) is 6.50. The highest BCUT2D eigenvalue weighted by molar-refractivity contribution is 8.00. The van der Waals surface area contributed by atoms with Gasteiger partial charge in [-0.15, -0.1) is 11.8 Å². The smallest absolute Gasteiger partial charge is 0.232 e. The van der Waals surface area contributed by atoms with Gasteiger partial charge < -0.3 is 0 Å². The third-order valence-corrected chi connectivity index (χ3v) is 3.44. The quantitative estimate of drug-likeness (QED) is 0.720. The predicted octanol–water partition coefficient (Wildman–Crippen LogP) is 4.54. The zero-order valence-electron chi connectivity index (χ0n) is 10.7. The Morgan fingerprint density at radius 2 is 1.79 bits per heavy atom. The van der Waals surface area contributed by atoms with E-state index < -0.39 is 12.0 Å². The molecule has 0 unspecified atom stereocenters. The minimum Gasteiger partial charge on any atom is -0.232 e. The SMILES string of the molecule is CC(C)(C)Sc1cccc2nc(C(F)(F)F)ncc12. The van der Waals surface area contributed by atoms with Gasteiger partial charge in [0.15, 0.2) is 0 Å². The highest BCUT2D eigenvalue weighted by Crippen LogP contribution is 2.36. The van der Waals surface area contributed by atoms with Gasteiger partial charge in [0.05, 0.1) is 5.52 Å². The van der Waals surface area contributed by atoms with Crippen molar-refractivity contribution in [2.24, 2.45) is 0 Å². The van der Waals surface area contributed by atoms with Crippen molar-refractivity contribution in [1.29, 1.82) is 0 Å². The molecular formula is C13H13F3N2S. The normalized spacial score (nSPS) is 12.9. The topological polar surface area (TPSA) is 25.8 Å². The lowest BCUT2D eigenvalue weighted by molar-refractivity contribution is -0.144. The van der Waals surface area contributed by atoms with Gasteiger partial charge in [-0.3, -0.25) is 0 Å². The highest BCUT2D eigenvalue weighted by atomic mass is 32.2. The molecule has 0 N–H and O–H groups in total. The summed E-state index contributed by atoms with van der Waals surface area (Å²) in [5, 5.41) is 0.649. The molecule has 102 valence electrons. The molecule has 0 aliphatic carbocycles. The Morgan fingerprint density at radius 1 is 1.11 bits per heavy atom. The molecular weight excluding hydrogens is 273 g/mol. The molecule has 0 saturated carbocycles. The van der Waals surface area contributed by atoms with E-state index in [0.29, 0.717) is 10.9 Å². The maximum absolute atomic E-state index is 12.6. The lowest BCUT2D eigenvalue weighted by atomic mass is 10.2. The Kier molecular flexibility index (Phi) is 3.47. The molecule has 1 aromatic carbocycles. The third kappa shape index (κ3) is 3.37. The van der Waals surface area contributed by atoms with Crippen LogP contribution < -0.4 is 0 Å². The van der Waals surface area contributed by atoms with Crippen LogP contribution in [0, 0.1) is 0 Å². The standard InChI is InChI=1S/C13H13F3N2S/c1-12(2,3)19-10-6-4-5-9-8(10)7-17-11(18-9)13(14,15)16/h4-7H,1-3H3. The second-order valence-electron chi connectivity index (χ2n) is 5.09. The number of rotatable bonds is 1. The zero-order chi connectivity index (χ0) is 14.3. The maximum Gasteiger partial charge on any atom is 0.451 e. The number of aromatic nitrogens is 2. The number of hydrogen-bond donors (Lipinski definition) is 0. The Morgan fingerprint density at radius 3 is 2.37 bits per heavy atom. The second-order valence-corrected chi connectivity index (χ2v) is 6.96. The van der Waals surface area contributed by atoms with Gasteiger partial charge in [-0.25, -0.2) is 9.97 Å². The van der Waals surface area contributed by atoms with Crippen molar-refractivity contribution in [2.45, 2.75) is 36.6 Å². The molecule has 0 aliphatic heterocycles. The number of alkyl halides is 3. The Labute approximate surface area is 113 Å². The van der Waals surface area contributed by atoms with E-state index in [1.165, 1.54) is 6.20 Å². The van der Waals surface area contributed by atoms with Crippen molar-refractivity contribution in [3.63, 3.8) is 0 Å². The van der Waals surface area contributed by atoms with Crippen LogP contribution in [0.25, 0.3) is 10.9 Å². The molecule has 6 heteroatoms. The Bertz CT molecular complexity index is 603. The first-order valence-electron chi connectivity index (χ1n) is 5.69. The van der Waals surface area contributed by atoms with Crippen molar-refractivity contribution >= 4 is 22.7 Å². The van der Waals surface area contributed by atoms with Gasteiger partial charge in [0.1, 0.15) is 0 Å². The number of thioether (sulfide) groups is 1. The number of benzene rings is 1. The van der Waals surface area contributed by atoms with E-state index in [2.05, 4.69) is 9.97 Å². The predicted molar refractivity (Wildman–Crippen MR) is 70.2 cm³/mol. The summed E-state index contributed by atoms with van der Waals surface area (Å²) in [6.45, 7) is 6.13. The van der Waals surface area contributed by atoms with Crippen molar-refractivity contribution in [1.82, 2.24) is 9.97 Å². The van der Waals surface area contributed by atoms with E-state index in [9.17, 15) is 13.2 Å². The second kappa shape index (κ2) is 4.67. The number of nitrogens with zero attached hydrogens (tertiary/aromatic N) is 2. The van der Waals surface area contributed by atoms with E-state index in [4.69, 9.17) is 0 Å². The zero-order valence-corrected chi connectivity index (χ0v) is 11.6. The van der Waals surface area contributed by atoms with Crippen molar-refractivity contribution in [3.05, 3.63) is 30.2 Å². The molecule has 19 heavy (non-hydrogen) atoms. The van der Waals surface area contributed by atoms with Crippen LogP contribution in [0.5, 0.6) is 0 Å². The molecule has 1 aromatic heterocycles. The summed E-state index contributed by atoms with van der Waals surface area (Å²) in [7, 11) is 0. The molecule has 2 aromatic rings. The Balaban J connectivity index is 2.53. The fraction of sp³-hybridized carbons (Fsp3) is 0.385. The van der Waals surface area contributed by atoms with Gasteiger partial charge in [0.2, 0.25) is 5.82 Å². The summed E-state index contributed by atoms with van der Waals surface area (Å²) in [5.41, 5.74) is 0.316. The molecule has 2 nitrogen and oxygen atoms in total. The van der Waals surface area contributed by atoms with Gasteiger partial charge in [-0.05, 0) is 12.1 Å². The van der Waals surface area contributed by atoms with Gasteiger partial charge in [-0.2, -0.15) is 13.2 Å². The van der Waals surface area contributed by atoms with Gasteiger partial charge in [0.25, 0.3) is 0 Å². The summed E-state index contributed by atoms with van der Waals surface area (Å²) in [4.78, 5) is 7.89. The molecule has 2 rings (SSSR count). The van der Waals surface area contributed by atoms with E-state index in [1.54, 1.807) is 23.9 Å². The first-order chi connectivity index (χ1) is 8.67. The van der Waals surface area contributed by atoms with Crippen LogP contribution in [-0.2, 0) is 6.18 Å². The number of halogens is 3. The largest absolute Gasteiger partial charge is 0.451 e. The molecule has 0 saturated heterocycles. The van der Waals surface area contributed by atoms with E-state index in [1.807, 2.05) is 26.8 Å². The fourth-order valence-corrected chi connectivity index (χ4v) is 2.66. The molecule has 0 bridgehead atoms. The van der Waals surface area contributed by atoms with Crippen LogP contribution in [0.2, 0.25) is 0 Å². The third-order valence-electron chi connectivity index (χ3n) is 2.26. The molecule has 0 fully saturated rings. The van der Waals surface area contributed by atoms with Crippen molar-refractivity contribution in [2.75, 3.05) is 0 Å². The fourth-order valence-electron chi connectivity index (χ4n) is 1.58. The van der Waals surface area contributed by atoms with E-state index >= 15 is 0 Å². The molecule has 1 heterocycles. The summed E-state index contributed by atoms with van der Waals surface area (Å²) in [6, 6.07) is 5.15. The van der Waals surface area contributed by atoms with Crippen LogP contribution in [-0.4, -0.2) is 14.7 Å². The monoisotopic (exact) mass is 286 g/mol. The minimum absolute atomic E-state index is 0.0308. The molecule has 0 spiro atoms. The van der Waals surface area contributed by atoms with Crippen LogP contribution in [0.3, 0.4) is 0 Å². The average molecular weight is 286 g/mol. The Hall–Kier alpha value is -1.30. The van der Waals surface area contributed by atoms with Crippen LogP contribution in [0.15, 0.2) is 29.3 Å². The van der Waals surface area contributed by atoms with Crippen LogP contribution in [0.1, 0.15) is 26.6 Å². The lowest BCUT2D eigenvalue weighted by Crippen LogP contribution is -2.11. The van der Waals surface area contributed by atoms with Gasteiger partial charge in [0, 0.05) is 21.2 Å². The van der Waals surface area contributed by atoms with Crippen molar-refractivity contribution in [3.8, 4) is 0 Å². The van der Waals surface area contributed by atoms with Crippen LogP contribution >= 0.6 is 11.8 Å². The van der Waals surface area contributed by atoms with Gasteiger partial charge in [-0.1, -0.05) is 26.8 Å². The summed E-state index contributed by atoms with van der Waals surface area (Å²) < 4.78 is 37.6. The highest BCUT2D eigenvalue weighted by Gasteiger charge is 2.34. The van der Waals surface area contributed by atoms with Crippen LogP contribution in [0.4, 0.5) is 13.2 Å². The van der Waals surface area contributed by atoms with E-state index in [-0.39, 0.29) is 4.75 Å². The molecule has 0 aliphatic rings. The lowest BCUT2D eigenvalue weighted by Gasteiger charge is -2.18. The molecule has 0 atom stereocenters.